The van der Waals surface area contributed by atoms with E-state index in [1.54, 1.807) is 42.5 Å². The lowest BCUT2D eigenvalue weighted by Crippen LogP contribution is -1.99. The van der Waals surface area contributed by atoms with Gasteiger partial charge in [-0.1, -0.05) is 11.6 Å². The van der Waals surface area contributed by atoms with E-state index >= 15 is 0 Å². The van der Waals surface area contributed by atoms with E-state index < -0.39 is 0 Å². The first-order valence-corrected chi connectivity index (χ1v) is 8.79. The number of phenols is 1. The number of hydrogen-bond donors (Lipinski definition) is 1. The topological polar surface area (TPSA) is 74.0 Å². The number of ether oxygens (including phenoxy) is 3. The number of methoxy groups -OCH3 is 1. The Labute approximate surface area is 165 Å². The summed E-state index contributed by atoms with van der Waals surface area (Å²) in [6, 6.07) is 17.4. The van der Waals surface area contributed by atoms with Crippen LogP contribution in [-0.4, -0.2) is 24.0 Å². The van der Waals surface area contributed by atoms with E-state index in [1.807, 2.05) is 12.1 Å². The van der Waals surface area contributed by atoms with Gasteiger partial charge in [0.05, 0.1) is 0 Å². The van der Waals surface area contributed by atoms with Gasteiger partial charge < -0.3 is 23.7 Å². The highest BCUT2D eigenvalue weighted by molar-refractivity contribution is 6.30. The molecule has 0 saturated carbocycles. The van der Waals surface area contributed by atoms with Gasteiger partial charge in [-0.15, -0.1) is 0 Å². The molecule has 4 rings (SSSR count). The molecule has 0 aliphatic carbocycles. The van der Waals surface area contributed by atoms with E-state index in [1.165, 1.54) is 13.2 Å². The molecule has 0 atom stereocenters. The molecule has 0 fully saturated rings. The van der Waals surface area contributed by atoms with Crippen molar-refractivity contribution in [1.29, 1.82) is 0 Å². The number of phenolic OH excluding ortho intramolecular Hbond substituents is 1. The van der Waals surface area contributed by atoms with Crippen LogP contribution in [-0.2, 0) is 4.74 Å². The molecule has 0 aliphatic heterocycles. The average molecular weight is 398 g/mol. The summed E-state index contributed by atoms with van der Waals surface area (Å²) in [5, 5.41) is 10.5. The Morgan fingerprint density at radius 3 is 2.57 bits per heavy atom. The molecule has 0 amide bonds. The van der Waals surface area contributed by atoms with E-state index in [0.717, 1.165) is 0 Å². The first-order valence-electron chi connectivity index (χ1n) is 8.41. The number of benzene rings is 3. The van der Waals surface area contributed by atoms with Gasteiger partial charge in [-0.2, -0.15) is 0 Å². The number of nitrogens with zero attached hydrogens (tertiary/aromatic N) is 1. The van der Waals surface area contributed by atoms with Crippen LogP contribution in [0.2, 0.25) is 5.02 Å². The maximum absolute atomic E-state index is 9.89. The molecule has 0 unspecified atom stereocenters. The monoisotopic (exact) mass is 397 g/mol. The van der Waals surface area contributed by atoms with Crippen molar-refractivity contribution in [1.82, 2.24) is 4.98 Å². The number of halogens is 1. The van der Waals surface area contributed by atoms with Crippen molar-refractivity contribution in [3.05, 3.63) is 65.7 Å². The van der Waals surface area contributed by atoms with Crippen molar-refractivity contribution in [3.8, 4) is 34.5 Å². The minimum Gasteiger partial charge on any atom is -0.504 e. The molecule has 6 nitrogen and oxygen atoms in total. The van der Waals surface area contributed by atoms with Crippen LogP contribution in [0.3, 0.4) is 0 Å². The maximum Gasteiger partial charge on any atom is 0.227 e. The molecule has 0 aliphatic rings. The molecule has 0 spiro atoms. The van der Waals surface area contributed by atoms with Gasteiger partial charge >= 0.3 is 0 Å². The number of aromatic hydroxyl groups is 1. The van der Waals surface area contributed by atoms with Crippen molar-refractivity contribution in [2.24, 2.45) is 0 Å². The van der Waals surface area contributed by atoms with Gasteiger partial charge in [0.25, 0.3) is 0 Å². The second kappa shape index (κ2) is 7.80. The third-order valence-electron chi connectivity index (χ3n) is 3.95. The molecule has 0 saturated heterocycles. The van der Waals surface area contributed by atoms with Crippen LogP contribution in [0, 0.1) is 0 Å². The molecule has 7 heteroatoms. The van der Waals surface area contributed by atoms with Gasteiger partial charge in [0.1, 0.15) is 17.0 Å². The predicted octanol–water partition coefficient (Wildman–Crippen LogP) is 5.63. The van der Waals surface area contributed by atoms with Gasteiger partial charge in [-0.05, 0) is 54.6 Å². The highest BCUT2D eigenvalue weighted by Gasteiger charge is 2.12. The molecule has 1 N–H and O–H groups in total. The molecule has 28 heavy (non-hydrogen) atoms. The van der Waals surface area contributed by atoms with Crippen LogP contribution >= 0.6 is 11.6 Å². The van der Waals surface area contributed by atoms with Gasteiger partial charge in [0.15, 0.2) is 23.9 Å². The van der Waals surface area contributed by atoms with Crippen LogP contribution in [0.5, 0.6) is 23.0 Å². The fourth-order valence-electron chi connectivity index (χ4n) is 2.62. The lowest BCUT2D eigenvalue weighted by molar-refractivity contribution is 0.0492. The van der Waals surface area contributed by atoms with E-state index in [-0.39, 0.29) is 18.3 Å². The van der Waals surface area contributed by atoms with Crippen LogP contribution in [0.25, 0.3) is 22.6 Å². The van der Waals surface area contributed by atoms with Crippen molar-refractivity contribution in [2.75, 3.05) is 13.9 Å². The summed E-state index contributed by atoms with van der Waals surface area (Å²) in [6.07, 6.45) is 0. The molecule has 4 aromatic rings. The Morgan fingerprint density at radius 1 is 1.00 bits per heavy atom. The smallest absolute Gasteiger partial charge is 0.227 e. The van der Waals surface area contributed by atoms with Crippen LogP contribution < -0.4 is 9.47 Å². The van der Waals surface area contributed by atoms with Crippen molar-refractivity contribution in [2.45, 2.75) is 0 Å². The minimum absolute atomic E-state index is 0.00978. The molecule has 0 bridgehead atoms. The van der Waals surface area contributed by atoms with Crippen LogP contribution in [0.4, 0.5) is 0 Å². The normalized spacial score (nSPS) is 10.9. The summed E-state index contributed by atoms with van der Waals surface area (Å²) in [7, 11) is 1.51. The van der Waals surface area contributed by atoms with Crippen LogP contribution in [0.1, 0.15) is 0 Å². The predicted molar refractivity (Wildman–Crippen MR) is 105 cm³/mol. The molecular weight excluding hydrogens is 382 g/mol. The summed E-state index contributed by atoms with van der Waals surface area (Å²) in [5.41, 5.74) is 1.93. The van der Waals surface area contributed by atoms with Crippen molar-refractivity contribution >= 4 is 22.7 Å². The highest BCUT2D eigenvalue weighted by Crippen LogP contribution is 2.34. The Bertz CT molecular complexity index is 1110. The summed E-state index contributed by atoms with van der Waals surface area (Å²) >= 11 is 5.89. The van der Waals surface area contributed by atoms with E-state index in [0.29, 0.717) is 39.1 Å². The fourth-order valence-corrected chi connectivity index (χ4v) is 2.74. The molecule has 142 valence electrons. The average Bonchev–Trinajstić information content (AvgIpc) is 3.12. The van der Waals surface area contributed by atoms with Gasteiger partial charge in [-0.25, -0.2) is 4.98 Å². The summed E-state index contributed by atoms with van der Waals surface area (Å²) < 4.78 is 21.9. The van der Waals surface area contributed by atoms with Crippen molar-refractivity contribution < 1.29 is 23.7 Å². The SMILES string of the molecule is COCOc1cc(-c2nc3ccc(Oc4ccc(Cl)cc4)cc3o2)ccc1O. The Morgan fingerprint density at radius 2 is 1.79 bits per heavy atom. The number of rotatable bonds is 6. The summed E-state index contributed by atoms with van der Waals surface area (Å²) in [5.74, 6) is 1.99. The highest BCUT2D eigenvalue weighted by atomic mass is 35.5. The second-order valence-electron chi connectivity index (χ2n) is 5.94. The standard InChI is InChI=1S/C21H16ClNO5/c1-25-12-26-20-10-13(2-9-18(20)24)21-23-17-8-7-16(11-19(17)28-21)27-15-5-3-14(22)4-6-15/h2-11,24H,12H2,1H3. The Balaban J connectivity index is 1.62. The third kappa shape index (κ3) is 3.88. The minimum atomic E-state index is 0.00978. The Hall–Kier alpha value is -3.22. The van der Waals surface area contributed by atoms with E-state index in [9.17, 15) is 5.11 Å². The number of hydrogen-bond acceptors (Lipinski definition) is 6. The zero-order valence-electron chi connectivity index (χ0n) is 14.9. The molecule has 1 heterocycles. The first kappa shape index (κ1) is 18.2. The van der Waals surface area contributed by atoms with E-state index in [2.05, 4.69) is 4.98 Å². The van der Waals surface area contributed by atoms with Crippen LogP contribution in [0.15, 0.2) is 65.1 Å². The largest absolute Gasteiger partial charge is 0.504 e. The zero-order valence-corrected chi connectivity index (χ0v) is 15.6. The molecule has 3 aromatic carbocycles. The van der Waals surface area contributed by atoms with Gasteiger partial charge in [-0.3, -0.25) is 0 Å². The lowest BCUT2D eigenvalue weighted by atomic mass is 10.2. The third-order valence-corrected chi connectivity index (χ3v) is 4.20. The first-order chi connectivity index (χ1) is 13.6. The number of aromatic nitrogens is 1. The quantitative estimate of drug-likeness (QED) is 0.425. The summed E-state index contributed by atoms with van der Waals surface area (Å²) in [4.78, 5) is 4.49. The maximum atomic E-state index is 9.89. The summed E-state index contributed by atoms with van der Waals surface area (Å²) in [6.45, 7) is 0.0238. The number of oxazole rings is 1. The van der Waals surface area contributed by atoms with Gasteiger partial charge in [0.2, 0.25) is 5.89 Å². The van der Waals surface area contributed by atoms with E-state index in [4.69, 9.17) is 30.2 Å². The second-order valence-corrected chi connectivity index (χ2v) is 6.37. The lowest BCUT2D eigenvalue weighted by Gasteiger charge is -2.07. The molecular formula is C21H16ClNO5. The molecule has 0 radical (unpaired) electrons. The Kier molecular flexibility index (Phi) is 5.06. The zero-order chi connectivity index (χ0) is 19.5. The molecule has 1 aromatic heterocycles. The number of fused-ring (bicyclic) bond motifs is 1. The fraction of sp³-hybridized carbons (Fsp3) is 0.0952. The van der Waals surface area contributed by atoms with Gasteiger partial charge in [0, 0.05) is 23.8 Å². The van der Waals surface area contributed by atoms with Crippen molar-refractivity contribution in [3.63, 3.8) is 0 Å².